The second kappa shape index (κ2) is 4.31. The summed E-state index contributed by atoms with van der Waals surface area (Å²) in [5.41, 5.74) is 1.45. The first-order chi connectivity index (χ1) is 7.56. The van der Waals surface area contributed by atoms with Gasteiger partial charge in [0.25, 0.3) is 10.2 Å². The first kappa shape index (κ1) is 11.2. The van der Waals surface area contributed by atoms with Gasteiger partial charge in [0.1, 0.15) is 0 Å². The van der Waals surface area contributed by atoms with Crippen LogP contribution in [0.5, 0.6) is 0 Å². The maximum atomic E-state index is 11.0. The Morgan fingerprint density at radius 1 is 1.19 bits per heavy atom. The minimum absolute atomic E-state index is 0.548. The van der Waals surface area contributed by atoms with Gasteiger partial charge in [0.05, 0.1) is 11.4 Å². The quantitative estimate of drug-likeness (QED) is 0.825. The summed E-state index contributed by atoms with van der Waals surface area (Å²) in [6, 6.07) is 7.30. The van der Waals surface area contributed by atoms with E-state index in [-0.39, 0.29) is 0 Å². The number of rotatable bonds is 3. The third kappa shape index (κ3) is 2.65. The van der Waals surface area contributed by atoms with Crippen molar-refractivity contribution in [2.75, 3.05) is 22.7 Å². The third-order valence-corrected chi connectivity index (χ3v) is 3.11. The van der Waals surface area contributed by atoms with Crippen molar-refractivity contribution < 1.29 is 8.42 Å². The molecule has 1 fully saturated rings. The van der Waals surface area contributed by atoms with Crippen molar-refractivity contribution in [3.8, 4) is 0 Å². The van der Waals surface area contributed by atoms with Gasteiger partial charge >= 0.3 is 0 Å². The summed E-state index contributed by atoms with van der Waals surface area (Å²) in [5.74, 6) is 0. The van der Waals surface area contributed by atoms with Crippen LogP contribution in [0.15, 0.2) is 24.3 Å². The molecule has 0 saturated carbocycles. The molecule has 0 aliphatic carbocycles. The van der Waals surface area contributed by atoms with E-state index in [0.29, 0.717) is 5.69 Å². The molecule has 0 atom stereocenters. The lowest BCUT2D eigenvalue weighted by Crippen LogP contribution is -2.25. The first-order valence-electron chi connectivity index (χ1n) is 5.21. The Bertz CT molecular complexity index is 467. The van der Waals surface area contributed by atoms with E-state index in [1.54, 1.807) is 12.1 Å². The summed E-state index contributed by atoms with van der Waals surface area (Å²) in [4.78, 5) is 2.16. The van der Waals surface area contributed by atoms with Gasteiger partial charge in [0, 0.05) is 13.1 Å². The maximum absolute atomic E-state index is 11.0. The summed E-state index contributed by atoms with van der Waals surface area (Å²) in [6.45, 7) is 1.92. The molecular formula is C10H15N3O2S. The van der Waals surface area contributed by atoms with Crippen molar-refractivity contribution >= 4 is 21.6 Å². The smallest absolute Gasteiger partial charge is 0.296 e. The second-order valence-electron chi connectivity index (χ2n) is 3.86. The number of nitrogens with one attached hydrogen (secondary N) is 1. The van der Waals surface area contributed by atoms with E-state index < -0.39 is 10.2 Å². The van der Waals surface area contributed by atoms with Gasteiger partial charge in [-0.2, -0.15) is 8.42 Å². The molecule has 1 aromatic rings. The molecule has 0 unspecified atom stereocenters. The average molecular weight is 241 g/mol. The topological polar surface area (TPSA) is 75.4 Å². The molecule has 1 saturated heterocycles. The minimum atomic E-state index is -3.71. The molecule has 0 radical (unpaired) electrons. The van der Waals surface area contributed by atoms with Crippen LogP contribution in [0.4, 0.5) is 11.4 Å². The molecule has 5 nitrogen and oxygen atoms in total. The van der Waals surface area contributed by atoms with Gasteiger partial charge in [-0.1, -0.05) is 12.1 Å². The van der Waals surface area contributed by atoms with Crippen LogP contribution in [-0.4, -0.2) is 21.5 Å². The van der Waals surface area contributed by atoms with Crippen molar-refractivity contribution in [3.05, 3.63) is 24.3 Å². The van der Waals surface area contributed by atoms with E-state index in [1.165, 1.54) is 0 Å². The molecule has 0 bridgehead atoms. The van der Waals surface area contributed by atoms with Crippen LogP contribution in [-0.2, 0) is 10.2 Å². The molecule has 1 heterocycles. The zero-order valence-corrected chi connectivity index (χ0v) is 9.70. The van der Waals surface area contributed by atoms with Gasteiger partial charge in [-0.15, -0.1) is 0 Å². The normalized spacial score (nSPS) is 16.4. The Labute approximate surface area is 95.4 Å². The summed E-state index contributed by atoms with van der Waals surface area (Å²) < 4.78 is 24.4. The summed E-state index contributed by atoms with van der Waals surface area (Å²) in [6.07, 6.45) is 2.29. The average Bonchev–Trinajstić information content (AvgIpc) is 2.69. The van der Waals surface area contributed by atoms with E-state index in [9.17, 15) is 8.42 Å². The maximum Gasteiger partial charge on any atom is 0.296 e. The summed E-state index contributed by atoms with van der Waals surface area (Å²) in [5, 5.41) is 4.98. The van der Waals surface area contributed by atoms with Crippen LogP contribution in [0, 0.1) is 0 Å². The van der Waals surface area contributed by atoms with Crippen LogP contribution >= 0.6 is 0 Å². The highest BCUT2D eigenvalue weighted by atomic mass is 32.2. The fourth-order valence-electron chi connectivity index (χ4n) is 1.95. The number of hydrogen-bond donors (Lipinski definition) is 2. The lowest BCUT2D eigenvalue weighted by Gasteiger charge is -2.21. The molecule has 0 spiro atoms. The standard InChI is InChI=1S/C10H15N3O2S/c11-16(14,15)12-9-5-1-2-6-10(9)13-7-3-4-8-13/h1-2,5-6,12H,3-4,7-8H2,(H2,11,14,15). The fourth-order valence-corrected chi connectivity index (χ4v) is 2.43. The predicted octanol–water partition coefficient (Wildman–Crippen LogP) is 0.902. The predicted molar refractivity (Wildman–Crippen MR) is 64.6 cm³/mol. The SMILES string of the molecule is NS(=O)(=O)Nc1ccccc1N1CCCC1. The molecule has 3 N–H and O–H groups in total. The largest absolute Gasteiger partial charge is 0.370 e. The van der Waals surface area contributed by atoms with E-state index in [1.807, 2.05) is 12.1 Å². The third-order valence-electron chi connectivity index (χ3n) is 2.60. The van der Waals surface area contributed by atoms with Crippen LogP contribution in [0.2, 0.25) is 0 Å². The first-order valence-corrected chi connectivity index (χ1v) is 6.75. The van der Waals surface area contributed by atoms with Crippen molar-refractivity contribution in [2.45, 2.75) is 12.8 Å². The van der Waals surface area contributed by atoms with Gasteiger partial charge in [-0.05, 0) is 25.0 Å². The molecule has 1 aliphatic rings. The number of nitrogens with zero attached hydrogens (tertiary/aromatic N) is 1. The van der Waals surface area contributed by atoms with E-state index in [2.05, 4.69) is 9.62 Å². The Kier molecular flexibility index (Phi) is 3.02. The molecule has 1 aliphatic heterocycles. The van der Waals surface area contributed by atoms with Crippen LogP contribution in [0.3, 0.4) is 0 Å². The zero-order valence-electron chi connectivity index (χ0n) is 8.89. The highest BCUT2D eigenvalue weighted by Crippen LogP contribution is 2.28. The zero-order chi connectivity index (χ0) is 11.6. The molecule has 1 aromatic carbocycles. The molecule has 16 heavy (non-hydrogen) atoms. The molecule has 2 rings (SSSR count). The van der Waals surface area contributed by atoms with Gasteiger partial charge in [-0.3, -0.25) is 4.72 Å². The summed E-state index contributed by atoms with van der Waals surface area (Å²) in [7, 11) is -3.71. The van der Waals surface area contributed by atoms with Crippen molar-refractivity contribution in [1.82, 2.24) is 0 Å². The Morgan fingerprint density at radius 2 is 1.81 bits per heavy atom. The van der Waals surface area contributed by atoms with Gasteiger partial charge < -0.3 is 4.90 Å². The number of nitrogens with two attached hydrogens (primary N) is 1. The second-order valence-corrected chi connectivity index (χ2v) is 5.15. The fraction of sp³-hybridized carbons (Fsp3) is 0.400. The Balaban J connectivity index is 2.30. The number of benzene rings is 1. The van der Waals surface area contributed by atoms with Gasteiger partial charge in [0.15, 0.2) is 0 Å². The Hall–Kier alpha value is -1.27. The lowest BCUT2D eigenvalue weighted by molar-refractivity contribution is 0.603. The van der Waals surface area contributed by atoms with Crippen molar-refractivity contribution in [3.63, 3.8) is 0 Å². The van der Waals surface area contributed by atoms with E-state index >= 15 is 0 Å². The lowest BCUT2D eigenvalue weighted by atomic mass is 10.2. The minimum Gasteiger partial charge on any atom is -0.370 e. The molecular weight excluding hydrogens is 226 g/mol. The molecule has 88 valence electrons. The monoisotopic (exact) mass is 241 g/mol. The molecule has 0 amide bonds. The van der Waals surface area contributed by atoms with Gasteiger partial charge in [-0.25, -0.2) is 5.14 Å². The van der Waals surface area contributed by atoms with Crippen LogP contribution in [0.1, 0.15) is 12.8 Å². The van der Waals surface area contributed by atoms with Crippen molar-refractivity contribution in [1.29, 1.82) is 0 Å². The highest BCUT2D eigenvalue weighted by Gasteiger charge is 2.16. The molecule has 6 heteroatoms. The van der Waals surface area contributed by atoms with Crippen molar-refractivity contribution in [2.24, 2.45) is 5.14 Å². The highest BCUT2D eigenvalue weighted by molar-refractivity contribution is 7.90. The Morgan fingerprint density at radius 3 is 2.44 bits per heavy atom. The summed E-state index contributed by atoms with van der Waals surface area (Å²) >= 11 is 0. The van der Waals surface area contributed by atoms with E-state index in [4.69, 9.17) is 5.14 Å². The number of para-hydroxylation sites is 2. The van der Waals surface area contributed by atoms with E-state index in [0.717, 1.165) is 31.6 Å². The number of hydrogen-bond acceptors (Lipinski definition) is 3. The molecule has 0 aromatic heterocycles. The van der Waals surface area contributed by atoms with Crippen LogP contribution < -0.4 is 14.8 Å². The number of anilines is 2. The van der Waals surface area contributed by atoms with Crippen LogP contribution in [0.25, 0.3) is 0 Å². The van der Waals surface area contributed by atoms with Gasteiger partial charge in [0.2, 0.25) is 0 Å².